The van der Waals surface area contributed by atoms with Gasteiger partial charge in [0.1, 0.15) is 12.4 Å². The Morgan fingerprint density at radius 2 is 1.77 bits per heavy atom. The van der Waals surface area contributed by atoms with E-state index in [9.17, 15) is 14.4 Å². The molecule has 0 aliphatic carbocycles. The molecule has 2 heterocycles. The van der Waals surface area contributed by atoms with Gasteiger partial charge in [-0.1, -0.05) is 35.5 Å². The van der Waals surface area contributed by atoms with Crippen LogP contribution in [0.2, 0.25) is 0 Å². The molecule has 2 amide bonds. The fraction of sp³-hybridized carbons (Fsp3) is 0.217. The number of hydrogen-bond donors (Lipinski definition) is 0. The average Bonchev–Trinajstić information content (AvgIpc) is 3.21. The number of nitrogens with zero attached hydrogens (tertiary/aromatic N) is 2. The molecule has 3 aromatic rings. The molecule has 0 saturated heterocycles. The minimum atomic E-state index is -0.583. The molecule has 0 unspecified atom stereocenters. The molecule has 1 aromatic heterocycles. The smallest absolute Gasteiger partial charge is 0.338 e. The zero-order valence-electron chi connectivity index (χ0n) is 16.7. The van der Waals surface area contributed by atoms with Gasteiger partial charge in [0.15, 0.2) is 0 Å². The molecule has 7 heteroatoms. The van der Waals surface area contributed by atoms with Crippen molar-refractivity contribution in [3.63, 3.8) is 0 Å². The van der Waals surface area contributed by atoms with Crippen molar-refractivity contribution >= 4 is 17.8 Å². The molecule has 0 saturated carbocycles. The first-order valence-electron chi connectivity index (χ1n) is 9.58. The first-order valence-corrected chi connectivity index (χ1v) is 9.58. The second-order valence-corrected chi connectivity index (χ2v) is 7.14. The Balaban J connectivity index is 1.46. The van der Waals surface area contributed by atoms with E-state index in [0.29, 0.717) is 29.0 Å². The number of imide groups is 1. The molecule has 152 valence electrons. The van der Waals surface area contributed by atoms with Crippen molar-refractivity contribution in [2.24, 2.45) is 0 Å². The molecule has 0 bridgehead atoms. The molecule has 1 aliphatic rings. The van der Waals surface area contributed by atoms with Crippen molar-refractivity contribution < 1.29 is 23.6 Å². The number of ether oxygens (including phenoxy) is 1. The molecule has 0 radical (unpaired) electrons. The van der Waals surface area contributed by atoms with Crippen LogP contribution in [0.25, 0.3) is 0 Å². The largest absolute Gasteiger partial charge is 0.457 e. The van der Waals surface area contributed by atoms with Crippen LogP contribution < -0.4 is 0 Å². The van der Waals surface area contributed by atoms with Gasteiger partial charge < -0.3 is 9.26 Å². The van der Waals surface area contributed by atoms with E-state index in [-0.39, 0.29) is 30.2 Å². The number of aryl methyl sites for hydroxylation is 2. The number of rotatable bonds is 6. The van der Waals surface area contributed by atoms with Gasteiger partial charge in [-0.2, -0.15) is 0 Å². The van der Waals surface area contributed by atoms with Gasteiger partial charge in [0.05, 0.1) is 27.9 Å². The van der Waals surface area contributed by atoms with Gasteiger partial charge in [-0.25, -0.2) is 4.79 Å². The third-order valence-corrected chi connectivity index (χ3v) is 5.20. The molecule has 7 nitrogen and oxygen atoms in total. The maximum Gasteiger partial charge on any atom is 0.338 e. The minimum absolute atomic E-state index is 0.0210. The summed E-state index contributed by atoms with van der Waals surface area (Å²) in [5, 5.41) is 3.83. The van der Waals surface area contributed by atoms with Crippen molar-refractivity contribution in [3.05, 3.63) is 87.8 Å². The quantitative estimate of drug-likeness (QED) is 0.462. The summed E-state index contributed by atoms with van der Waals surface area (Å²) < 4.78 is 10.4. The Hall–Kier alpha value is -3.74. The number of esters is 1. The van der Waals surface area contributed by atoms with E-state index in [1.165, 1.54) is 23.1 Å². The Bertz CT molecular complexity index is 1110. The number of fused-ring (bicyclic) bond motifs is 1. The highest BCUT2D eigenvalue weighted by Gasteiger charge is 2.35. The van der Waals surface area contributed by atoms with Gasteiger partial charge in [-0.15, -0.1) is 0 Å². The lowest BCUT2D eigenvalue weighted by atomic mass is 10.1. The van der Waals surface area contributed by atoms with E-state index in [2.05, 4.69) is 5.16 Å². The summed E-state index contributed by atoms with van der Waals surface area (Å²) in [5.74, 6) is -0.738. The molecular formula is C23H20N2O5. The van der Waals surface area contributed by atoms with Crippen LogP contribution in [0.5, 0.6) is 0 Å². The van der Waals surface area contributed by atoms with Crippen molar-refractivity contribution in [3.8, 4) is 0 Å². The number of amides is 2. The Kier molecular flexibility index (Phi) is 5.18. The first-order chi connectivity index (χ1) is 14.5. The Labute approximate surface area is 173 Å². The number of carbonyl (C=O) groups excluding carboxylic acids is 3. The highest BCUT2D eigenvalue weighted by atomic mass is 16.5. The lowest BCUT2D eigenvalue weighted by Gasteiger charge is -2.13. The number of benzene rings is 2. The third-order valence-electron chi connectivity index (χ3n) is 5.20. The van der Waals surface area contributed by atoms with E-state index >= 15 is 0 Å². The summed E-state index contributed by atoms with van der Waals surface area (Å²) in [6, 6.07) is 14.1. The molecule has 0 spiro atoms. The molecule has 0 N–H and O–H groups in total. The molecule has 2 aromatic carbocycles. The van der Waals surface area contributed by atoms with Crippen LogP contribution in [-0.4, -0.2) is 34.4 Å². The van der Waals surface area contributed by atoms with Crippen LogP contribution in [0.3, 0.4) is 0 Å². The normalized spacial score (nSPS) is 12.9. The number of hydrogen-bond acceptors (Lipinski definition) is 6. The predicted octanol–water partition coefficient (Wildman–Crippen LogP) is 3.49. The first kappa shape index (κ1) is 19.6. The molecule has 0 atom stereocenters. The van der Waals surface area contributed by atoms with Crippen LogP contribution in [0.1, 0.15) is 53.7 Å². The second kappa shape index (κ2) is 7.94. The summed E-state index contributed by atoms with van der Waals surface area (Å²) in [6.45, 7) is 3.81. The zero-order chi connectivity index (χ0) is 21.3. The highest BCUT2D eigenvalue weighted by Crippen LogP contribution is 2.25. The summed E-state index contributed by atoms with van der Waals surface area (Å²) in [4.78, 5) is 39.1. The van der Waals surface area contributed by atoms with Crippen LogP contribution in [-0.2, 0) is 17.8 Å². The van der Waals surface area contributed by atoms with E-state index in [0.717, 1.165) is 5.56 Å². The van der Waals surface area contributed by atoms with Crippen molar-refractivity contribution in [2.75, 3.05) is 6.54 Å². The molecule has 4 rings (SSSR count). The molecule has 30 heavy (non-hydrogen) atoms. The minimum Gasteiger partial charge on any atom is -0.457 e. The molecule has 1 aliphatic heterocycles. The van der Waals surface area contributed by atoms with Gasteiger partial charge in [-0.05, 0) is 44.0 Å². The van der Waals surface area contributed by atoms with Crippen LogP contribution in [0.4, 0.5) is 0 Å². The van der Waals surface area contributed by atoms with Crippen molar-refractivity contribution in [2.45, 2.75) is 26.9 Å². The highest BCUT2D eigenvalue weighted by molar-refractivity contribution is 6.21. The third kappa shape index (κ3) is 3.61. The SMILES string of the molecule is Cc1noc(C)c1COC(=O)c1ccc2c(c1)C(=O)N(CCc1ccccc1)C2=O. The average molecular weight is 404 g/mol. The lowest BCUT2D eigenvalue weighted by molar-refractivity contribution is 0.0470. The maximum absolute atomic E-state index is 12.8. The van der Waals surface area contributed by atoms with E-state index in [1.54, 1.807) is 13.8 Å². The predicted molar refractivity (Wildman–Crippen MR) is 107 cm³/mol. The fourth-order valence-electron chi connectivity index (χ4n) is 3.44. The van der Waals surface area contributed by atoms with Gasteiger partial charge in [0.25, 0.3) is 11.8 Å². The van der Waals surface area contributed by atoms with Crippen LogP contribution in [0, 0.1) is 13.8 Å². The van der Waals surface area contributed by atoms with E-state index < -0.39 is 11.9 Å². The van der Waals surface area contributed by atoms with Gasteiger partial charge in [0, 0.05) is 6.54 Å². The summed E-state index contributed by atoms with van der Waals surface area (Å²) in [7, 11) is 0. The summed E-state index contributed by atoms with van der Waals surface area (Å²) in [5.41, 5.74) is 3.14. The van der Waals surface area contributed by atoms with Gasteiger partial charge >= 0.3 is 5.97 Å². The second-order valence-electron chi connectivity index (χ2n) is 7.14. The van der Waals surface area contributed by atoms with Gasteiger partial charge in [-0.3, -0.25) is 14.5 Å². The summed E-state index contributed by atoms with van der Waals surface area (Å²) >= 11 is 0. The standard InChI is InChI=1S/C23H20N2O5/c1-14-20(15(2)30-24-14)13-29-23(28)17-8-9-18-19(12-17)22(27)25(21(18)26)11-10-16-6-4-3-5-7-16/h3-9,12H,10-11,13H2,1-2H3. The van der Waals surface area contributed by atoms with Crippen LogP contribution in [0.15, 0.2) is 53.1 Å². The zero-order valence-corrected chi connectivity index (χ0v) is 16.7. The van der Waals surface area contributed by atoms with Gasteiger partial charge in [0.2, 0.25) is 0 Å². The topological polar surface area (TPSA) is 89.7 Å². The lowest BCUT2D eigenvalue weighted by Crippen LogP contribution is -2.31. The van der Waals surface area contributed by atoms with E-state index in [1.807, 2.05) is 30.3 Å². The molecular weight excluding hydrogens is 384 g/mol. The Morgan fingerprint density at radius 3 is 2.47 bits per heavy atom. The van der Waals surface area contributed by atoms with Crippen LogP contribution >= 0.6 is 0 Å². The molecule has 0 fully saturated rings. The van der Waals surface area contributed by atoms with E-state index in [4.69, 9.17) is 9.26 Å². The Morgan fingerprint density at radius 1 is 1.03 bits per heavy atom. The maximum atomic E-state index is 12.8. The number of aromatic nitrogens is 1. The summed E-state index contributed by atoms with van der Waals surface area (Å²) in [6.07, 6.45) is 0.568. The monoisotopic (exact) mass is 404 g/mol. The number of carbonyl (C=O) groups is 3. The fourth-order valence-corrected chi connectivity index (χ4v) is 3.44. The van der Waals surface area contributed by atoms with Crippen molar-refractivity contribution in [1.29, 1.82) is 0 Å². The van der Waals surface area contributed by atoms with Crippen molar-refractivity contribution in [1.82, 2.24) is 10.1 Å².